The summed E-state index contributed by atoms with van der Waals surface area (Å²) in [6, 6.07) is 8.78. The molecule has 0 aromatic heterocycles. The Morgan fingerprint density at radius 1 is 1.57 bits per heavy atom. The summed E-state index contributed by atoms with van der Waals surface area (Å²) in [7, 11) is 0. The highest BCUT2D eigenvalue weighted by Crippen LogP contribution is 2.09. The molecule has 14 heavy (non-hydrogen) atoms. The van der Waals surface area contributed by atoms with Crippen molar-refractivity contribution in [1.82, 2.24) is 0 Å². The van der Waals surface area contributed by atoms with Gasteiger partial charge in [0, 0.05) is 5.69 Å². The van der Waals surface area contributed by atoms with Crippen LogP contribution >= 0.6 is 0 Å². The molecule has 0 aliphatic heterocycles. The Bertz CT molecular complexity index is 402. The summed E-state index contributed by atoms with van der Waals surface area (Å²) in [5, 5.41) is 11.3. The highest BCUT2D eigenvalue weighted by Gasteiger charge is 1.97. The van der Waals surface area contributed by atoms with Crippen LogP contribution in [0.1, 0.15) is 12.5 Å². The van der Waals surface area contributed by atoms with E-state index in [1.54, 1.807) is 37.3 Å². The van der Waals surface area contributed by atoms with Gasteiger partial charge in [0.1, 0.15) is 0 Å². The fourth-order valence-electron chi connectivity index (χ4n) is 1.00. The lowest BCUT2D eigenvalue weighted by atomic mass is 10.2. The molecule has 1 rings (SSSR count). The molecule has 3 nitrogen and oxygen atoms in total. The Morgan fingerprint density at radius 2 is 2.36 bits per heavy atom. The van der Waals surface area contributed by atoms with Crippen LogP contribution in [0.3, 0.4) is 0 Å². The SMILES string of the molecule is CC=CC(=O)Nc1cccc(C#N)c1. The van der Waals surface area contributed by atoms with E-state index in [1.165, 1.54) is 6.08 Å². The molecule has 0 radical (unpaired) electrons. The minimum Gasteiger partial charge on any atom is -0.322 e. The standard InChI is InChI=1S/C11H10N2O/c1-2-4-11(14)13-10-6-3-5-9(7-10)8-12/h2-7H,1H3,(H,13,14). The number of carbonyl (C=O) groups is 1. The number of allylic oxidation sites excluding steroid dienone is 1. The van der Waals surface area contributed by atoms with E-state index in [9.17, 15) is 4.79 Å². The zero-order valence-corrected chi connectivity index (χ0v) is 7.82. The van der Waals surface area contributed by atoms with Crippen LogP contribution in [0.15, 0.2) is 36.4 Å². The van der Waals surface area contributed by atoms with Gasteiger partial charge in [-0.05, 0) is 31.2 Å². The summed E-state index contributed by atoms with van der Waals surface area (Å²) >= 11 is 0. The minimum absolute atomic E-state index is 0.192. The molecule has 0 heterocycles. The van der Waals surface area contributed by atoms with E-state index >= 15 is 0 Å². The van der Waals surface area contributed by atoms with Gasteiger partial charge in [0.05, 0.1) is 11.6 Å². The number of nitrogens with zero attached hydrogens (tertiary/aromatic N) is 1. The fourth-order valence-corrected chi connectivity index (χ4v) is 1.00. The first-order valence-electron chi connectivity index (χ1n) is 4.20. The van der Waals surface area contributed by atoms with Crippen molar-refractivity contribution in [3.63, 3.8) is 0 Å². The van der Waals surface area contributed by atoms with Crippen molar-refractivity contribution in [2.75, 3.05) is 5.32 Å². The molecule has 0 unspecified atom stereocenters. The topological polar surface area (TPSA) is 52.9 Å². The maximum absolute atomic E-state index is 11.1. The third-order valence-corrected chi connectivity index (χ3v) is 1.58. The summed E-state index contributed by atoms with van der Waals surface area (Å²) in [4.78, 5) is 11.1. The second-order valence-electron chi connectivity index (χ2n) is 2.68. The lowest BCUT2D eigenvalue weighted by molar-refractivity contribution is -0.111. The van der Waals surface area contributed by atoms with E-state index in [0.29, 0.717) is 11.3 Å². The summed E-state index contributed by atoms with van der Waals surface area (Å²) in [5.74, 6) is -0.192. The molecule has 1 aromatic rings. The molecule has 0 saturated heterocycles. The maximum atomic E-state index is 11.1. The largest absolute Gasteiger partial charge is 0.322 e. The molecular weight excluding hydrogens is 176 g/mol. The summed E-state index contributed by atoms with van der Waals surface area (Å²) in [6.45, 7) is 1.77. The molecule has 0 saturated carbocycles. The third-order valence-electron chi connectivity index (χ3n) is 1.58. The predicted molar refractivity (Wildman–Crippen MR) is 54.6 cm³/mol. The Kier molecular flexibility index (Phi) is 3.45. The molecule has 3 heteroatoms. The molecule has 1 amide bonds. The minimum atomic E-state index is -0.192. The number of benzene rings is 1. The van der Waals surface area contributed by atoms with Crippen LogP contribution in [-0.2, 0) is 4.79 Å². The van der Waals surface area contributed by atoms with Gasteiger partial charge >= 0.3 is 0 Å². The van der Waals surface area contributed by atoms with E-state index in [-0.39, 0.29) is 5.91 Å². The van der Waals surface area contributed by atoms with Crippen LogP contribution < -0.4 is 5.32 Å². The Hall–Kier alpha value is -2.08. The smallest absolute Gasteiger partial charge is 0.248 e. The van der Waals surface area contributed by atoms with Crippen molar-refractivity contribution in [2.45, 2.75) is 6.92 Å². The molecule has 70 valence electrons. The van der Waals surface area contributed by atoms with Crippen molar-refractivity contribution in [1.29, 1.82) is 5.26 Å². The van der Waals surface area contributed by atoms with Crippen LogP contribution in [0.4, 0.5) is 5.69 Å². The first kappa shape index (κ1) is 10.0. The first-order chi connectivity index (χ1) is 6.76. The van der Waals surface area contributed by atoms with Crippen molar-refractivity contribution in [2.24, 2.45) is 0 Å². The number of hydrogen-bond acceptors (Lipinski definition) is 2. The van der Waals surface area contributed by atoms with Crippen LogP contribution in [0.2, 0.25) is 0 Å². The van der Waals surface area contributed by atoms with E-state index in [1.807, 2.05) is 6.07 Å². The summed E-state index contributed by atoms with van der Waals surface area (Å²) in [5.41, 5.74) is 1.16. The van der Waals surface area contributed by atoms with E-state index < -0.39 is 0 Å². The second kappa shape index (κ2) is 4.83. The van der Waals surface area contributed by atoms with Crippen molar-refractivity contribution in [3.05, 3.63) is 42.0 Å². The zero-order valence-electron chi connectivity index (χ0n) is 7.82. The first-order valence-corrected chi connectivity index (χ1v) is 4.20. The van der Waals surface area contributed by atoms with Crippen LogP contribution in [0.5, 0.6) is 0 Å². The number of nitrogens with one attached hydrogen (secondary N) is 1. The molecule has 1 aromatic carbocycles. The van der Waals surface area contributed by atoms with Crippen LogP contribution in [0.25, 0.3) is 0 Å². The van der Waals surface area contributed by atoms with Gasteiger partial charge in [0.15, 0.2) is 0 Å². The van der Waals surface area contributed by atoms with Gasteiger partial charge < -0.3 is 5.32 Å². The molecule has 0 aliphatic carbocycles. The molecule has 0 bridgehead atoms. The normalized spacial score (nSPS) is 9.71. The number of hydrogen-bond donors (Lipinski definition) is 1. The predicted octanol–water partition coefficient (Wildman–Crippen LogP) is 2.07. The average Bonchev–Trinajstić information content (AvgIpc) is 2.18. The third kappa shape index (κ3) is 2.76. The van der Waals surface area contributed by atoms with Gasteiger partial charge in [-0.3, -0.25) is 4.79 Å². The van der Waals surface area contributed by atoms with Crippen LogP contribution in [-0.4, -0.2) is 5.91 Å². The fraction of sp³-hybridized carbons (Fsp3) is 0.0909. The zero-order chi connectivity index (χ0) is 10.4. The lowest BCUT2D eigenvalue weighted by Crippen LogP contribution is -2.07. The quantitative estimate of drug-likeness (QED) is 0.719. The summed E-state index contributed by atoms with van der Waals surface area (Å²) in [6.07, 6.45) is 3.09. The van der Waals surface area contributed by atoms with E-state index in [4.69, 9.17) is 5.26 Å². The molecule has 0 fully saturated rings. The Labute approximate surface area is 82.7 Å². The van der Waals surface area contributed by atoms with Crippen molar-refractivity contribution in [3.8, 4) is 6.07 Å². The van der Waals surface area contributed by atoms with Gasteiger partial charge in [-0.2, -0.15) is 5.26 Å². The van der Waals surface area contributed by atoms with Gasteiger partial charge in [0.25, 0.3) is 0 Å². The molecule has 0 spiro atoms. The van der Waals surface area contributed by atoms with Gasteiger partial charge in [-0.1, -0.05) is 12.1 Å². The molecular formula is C11H10N2O. The highest BCUT2D eigenvalue weighted by atomic mass is 16.1. The van der Waals surface area contributed by atoms with E-state index in [2.05, 4.69) is 5.32 Å². The lowest BCUT2D eigenvalue weighted by Gasteiger charge is -2.01. The Morgan fingerprint density at radius 3 is 3.00 bits per heavy atom. The van der Waals surface area contributed by atoms with Gasteiger partial charge in [0.2, 0.25) is 5.91 Å². The van der Waals surface area contributed by atoms with Crippen molar-refractivity contribution < 1.29 is 4.79 Å². The average molecular weight is 186 g/mol. The summed E-state index contributed by atoms with van der Waals surface area (Å²) < 4.78 is 0. The monoisotopic (exact) mass is 186 g/mol. The molecule has 0 atom stereocenters. The molecule has 1 N–H and O–H groups in total. The number of nitriles is 1. The number of amides is 1. The van der Waals surface area contributed by atoms with Gasteiger partial charge in [-0.25, -0.2) is 0 Å². The maximum Gasteiger partial charge on any atom is 0.248 e. The highest BCUT2D eigenvalue weighted by molar-refractivity contribution is 5.99. The van der Waals surface area contributed by atoms with Crippen LogP contribution in [0, 0.1) is 11.3 Å². The number of anilines is 1. The number of carbonyl (C=O) groups excluding carboxylic acids is 1. The van der Waals surface area contributed by atoms with E-state index in [0.717, 1.165) is 0 Å². The second-order valence-corrected chi connectivity index (χ2v) is 2.68. The van der Waals surface area contributed by atoms with Crippen molar-refractivity contribution >= 4 is 11.6 Å². The molecule has 0 aliphatic rings. The number of rotatable bonds is 2. The van der Waals surface area contributed by atoms with Gasteiger partial charge in [-0.15, -0.1) is 0 Å². The Balaban J connectivity index is 2.78.